The number of benzene rings is 1. The molecule has 112 valence electrons. The number of aliphatic hydroxyl groups is 1. The highest BCUT2D eigenvalue weighted by Gasteiger charge is 2.12. The van der Waals surface area contributed by atoms with Crippen molar-refractivity contribution in [2.75, 3.05) is 13.2 Å². The molecule has 0 bridgehead atoms. The van der Waals surface area contributed by atoms with Gasteiger partial charge in [-0.1, -0.05) is 32.4 Å². The van der Waals surface area contributed by atoms with Gasteiger partial charge in [0.25, 0.3) is 0 Å². The second kappa shape index (κ2) is 8.43. The van der Waals surface area contributed by atoms with E-state index in [1.54, 1.807) is 24.3 Å². The number of carbonyl (C=O) groups is 1. The number of hydrogen-bond acceptors (Lipinski definition) is 3. The average Bonchev–Trinajstić information content (AvgIpc) is 2.43. The molecule has 0 saturated heterocycles. The Balaban J connectivity index is 2.56. The van der Waals surface area contributed by atoms with Crippen LogP contribution in [0.3, 0.4) is 0 Å². The monoisotopic (exact) mass is 281 g/mol. The Kier molecular flexibility index (Phi) is 6.87. The standard InChI is InChI=1S/C15H23NO4/c1-3-4-11(2)10-20-13-7-5-12(6-8-13)14(9-17)16-15(18)19/h5-8,11,14,16-17H,3-4,9-10H2,1-2H3,(H,18,19)/t11?,14-/m0/s1. The van der Waals surface area contributed by atoms with Gasteiger partial charge in [0.2, 0.25) is 0 Å². The quantitative estimate of drug-likeness (QED) is 0.684. The molecule has 0 heterocycles. The lowest BCUT2D eigenvalue weighted by Gasteiger charge is -2.16. The number of rotatable bonds is 8. The van der Waals surface area contributed by atoms with E-state index in [1.165, 1.54) is 0 Å². The summed E-state index contributed by atoms with van der Waals surface area (Å²) in [5.74, 6) is 1.27. The van der Waals surface area contributed by atoms with Gasteiger partial charge in [-0.25, -0.2) is 4.79 Å². The molecule has 1 aromatic rings. The second-order valence-corrected chi connectivity index (χ2v) is 4.96. The molecule has 5 heteroatoms. The van der Waals surface area contributed by atoms with Crippen LogP contribution in [-0.2, 0) is 0 Å². The van der Waals surface area contributed by atoms with E-state index in [2.05, 4.69) is 19.2 Å². The molecule has 0 radical (unpaired) electrons. The molecule has 20 heavy (non-hydrogen) atoms. The molecule has 0 spiro atoms. The minimum atomic E-state index is -1.15. The number of hydrogen-bond donors (Lipinski definition) is 3. The first-order chi connectivity index (χ1) is 9.56. The zero-order valence-electron chi connectivity index (χ0n) is 12.0. The highest BCUT2D eigenvalue weighted by molar-refractivity contribution is 5.65. The molecule has 0 saturated carbocycles. The maximum Gasteiger partial charge on any atom is 0.405 e. The van der Waals surface area contributed by atoms with E-state index in [4.69, 9.17) is 9.84 Å². The van der Waals surface area contributed by atoms with E-state index in [0.29, 0.717) is 18.1 Å². The summed E-state index contributed by atoms with van der Waals surface area (Å²) in [5.41, 5.74) is 0.712. The Labute approximate surface area is 119 Å². The third-order valence-corrected chi connectivity index (χ3v) is 3.08. The Bertz CT molecular complexity index is 405. The van der Waals surface area contributed by atoms with Gasteiger partial charge in [0.1, 0.15) is 5.75 Å². The molecule has 1 aromatic carbocycles. The maximum atomic E-state index is 10.6. The van der Waals surface area contributed by atoms with Crippen molar-refractivity contribution in [3.05, 3.63) is 29.8 Å². The summed E-state index contributed by atoms with van der Waals surface area (Å²) in [7, 11) is 0. The van der Waals surface area contributed by atoms with E-state index in [9.17, 15) is 9.90 Å². The topological polar surface area (TPSA) is 78.8 Å². The van der Waals surface area contributed by atoms with Gasteiger partial charge >= 0.3 is 6.09 Å². The molecule has 0 fully saturated rings. The number of ether oxygens (including phenoxy) is 1. The van der Waals surface area contributed by atoms with E-state index in [1.807, 2.05) is 0 Å². The lowest BCUT2D eigenvalue weighted by molar-refractivity contribution is 0.177. The highest BCUT2D eigenvalue weighted by Crippen LogP contribution is 2.18. The molecule has 0 aliphatic rings. The van der Waals surface area contributed by atoms with E-state index in [0.717, 1.165) is 18.6 Å². The van der Waals surface area contributed by atoms with Crippen LogP contribution in [0.15, 0.2) is 24.3 Å². The molecule has 1 rings (SSSR count). The van der Waals surface area contributed by atoms with Crippen molar-refractivity contribution >= 4 is 6.09 Å². The fourth-order valence-corrected chi connectivity index (χ4v) is 1.99. The predicted molar refractivity (Wildman–Crippen MR) is 77.0 cm³/mol. The molecular weight excluding hydrogens is 258 g/mol. The van der Waals surface area contributed by atoms with Crippen LogP contribution in [0.4, 0.5) is 4.79 Å². The molecule has 3 N–H and O–H groups in total. The Hall–Kier alpha value is -1.75. The third-order valence-electron chi connectivity index (χ3n) is 3.08. The van der Waals surface area contributed by atoms with E-state index >= 15 is 0 Å². The second-order valence-electron chi connectivity index (χ2n) is 4.96. The summed E-state index contributed by atoms with van der Waals surface area (Å²) in [5, 5.41) is 20.1. The summed E-state index contributed by atoms with van der Waals surface area (Å²) >= 11 is 0. The van der Waals surface area contributed by atoms with Crippen LogP contribution in [0.25, 0.3) is 0 Å². The minimum absolute atomic E-state index is 0.278. The van der Waals surface area contributed by atoms with Crippen molar-refractivity contribution in [1.29, 1.82) is 0 Å². The molecule has 1 amide bonds. The Morgan fingerprint density at radius 2 is 2.00 bits per heavy atom. The van der Waals surface area contributed by atoms with Crippen LogP contribution in [0, 0.1) is 5.92 Å². The van der Waals surface area contributed by atoms with Gasteiger partial charge < -0.3 is 20.3 Å². The van der Waals surface area contributed by atoms with E-state index in [-0.39, 0.29) is 6.61 Å². The Morgan fingerprint density at radius 1 is 1.35 bits per heavy atom. The molecule has 0 aromatic heterocycles. The van der Waals surface area contributed by atoms with Crippen molar-refractivity contribution in [3.8, 4) is 5.75 Å². The van der Waals surface area contributed by atoms with Gasteiger partial charge in [-0.15, -0.1) is 0 Å². The van der Waals surface area contributed by atoms with Gasteiger partial charge in [0, 0.05) is 0 Å². The van der Waals surface area contributed by atoms with Crippen LogP contribution >= 0.6 is 0 Å². The minimum Gasteiger partial charge on any atom is -0.493 e. The van der Waals surface area contributed by atoms with Gasteiger partial charge in [-0.2, -0.15) is 0 Å². The van der Waals surface area contributed by atoms with Crippen LogP contribution in [0.5, 0.6) is 5.75 Å². The SMILES string of the molecule is CCCC(C)COc1ccc([C@H](CO)NC(=O)O)cc1. The lowest BCUT2D eigenvalue weighted by atomic mass is 10.1. The average molecular weight is 281 g/mol. The highest BCUT2D eigenvalue weighted by atomic mass is 16.5. The summed E-state index contributed by atoms with van der Waals surface area (Å²) in [6.45, 7) is 4.69. The van der Waals surface area contributed by atoms with Crippen molar-refractivity contribution in [1.82, 2.24) is 5.32 Å². The van der Waals surface area contributed by atoms with Gasteiger partial charge in [0.15, 0.2) is 0 Å². The lowest BCUT2D eigenvalue weighted by Crippen LogP contribution is -2.29. The molecule has 2 atom stereocenters. The van der Waals surface area contributed by atoms with E-state index < -0.39 is 12.1 Å². The first-order valence-electron chi connectivity index (χ1n) is 6.89. The molecule has 0 aliphatic carbocycles. The molecule has 0 aliphatic heterocycles. The number of amides is 1. The fourth-order valence-electron chi connectivity index (χ4n) is 1.99. The van der Waals surface area contributed by atoms with Crippen molar-refractivity contribution < 1.29 is 19.7 Å². The van der Waals surface area contributed by atoms with Gasteiger partial charge in [-0.05, 0) is 30.0 Å². The van der Waals surface area contributed by atoms with Crippen LogP contribution < -0.4 is 10.1 Å². The normalized spacial score (nSPS) is 13.6. The maximum absolute atomic E-state index is 10.6. The van der Waals surface area contributed by atoms with Crippen molar-refractivity contribution in [2.24, 2.45) is 5.92 Å². The van der Waals surface area contributed by atoms with Crippen LogP contribution in [0.2, 0.25) is 0 Å². The van der Waals surface area contributed by atoms with Gasteiger partial charge in [0.05, 0.1) is 19.3 Å². The summed E-state index contributed by atoms with van der Waals surface area (Å²) in [6, 6.07) is 6.49. The zero-order valence-corrected chi connectivity index (χ0v) is 12.0. The van der Waals surface area contributed by atoms with Crippen LogP contribution in [-0.4, -0.2) is 29.5 Å². The molecule has 1 unspecified atom stereocenters. The molecular formula is C15H23NO4. The van der Waals surface area contributed by atoms with Crippen LogP contribution in [0.1, 0.15) is 38.3 Å². The first-order valence-corrected chi connectivity index (χ1v) is 6.89. The fraction of sp³-hybridized carbons (Fsp3) is 0.533. The Morgan fingerprint density at radius 3 is 2.50 bits per heavy atom. The summed E-state index contributed by atoms with van der Waals surface area (Å²) in [4.78, 5) is 10.6. The van der Waals surface area contributed by atoms with Gasteiger partial charge in [-0.3, -0.25) is 0 Å². The van der Waals surface area contributed by atoms with Crippen molar-refractivity contribution in [2.45, 2.75) is 32.7 Å². The summed E-state index contributed by atoms with van der Waals surface area (Å²) in [6.07, 6.45) is 1.12. The number of aliphatic hydroxyl groups excluding tert-OH is 1. The zero-order chi connectivity index (χ0) is 15.0. The number of carboxylic acid groups (broad SMARTS) is 1. The first kappa shape index (κ1) is 16.3. The number of nitrogens with one attached hydrogen (secondary N) is 1. The smallest absolute Gasteiger partial charge is 0.405 e. The largest absolute Gasteiger partial charge is 0.493 e. The molecule has 5 nitrogen and oxygen atoms in total. The van der Waals surface area contributed by atoms with Crippen molar-refractivity contribution in [3.63, 3.8) is 0 Å². The third kappa shape index (κ3) is 5.48. The predicted octanol–water partition coefficient (Wildman–Crippen LogP) is 2.80. The summed E-state index contributed by atoms with van der Waals surface area (Å²) < 4.78 is 5.67.